The molecule has 96 valence electrons. The van der Waals surface area contributed by atoms with Crippen LogP contribution in [0.25, 0.3) is 10.9 Å². The lowest BCUT2D eigenvalue weighted by Gasteiger charge is -2.46. The van der Waals surface area contributed by atoms with Crippen LogP contribution in [0.5, 0.6) is 0 Å². The second-order valence-electron chi connectivity index (χ2n) is 5.88. The van der Waals surface area contributed by atoms with Crippen molar-refractivity contribution in [2.24, 2.45) is 18.4 Å². The van der Waals surface area contributed by atoms with Gasteiger partial charge in [0.05, 0.1) is 11.2 Å². The van der Waals surface area contributed by atoms with E-state index in [4.69, 9.17) is 5.10 Å². The van der Waals surface area contributed by atoms with Crippen molar-refractivity contribution >= 4 is 10.9 Å². The highest BCUT2D eigenvalue weighted by atomic mass is 15.3. The van der Waals surface area contributed by atoms with Crippen molar-refractivity contribution in [3.63, 3.8) is 0 Å². The topological polar surface area (TPSA) is 29.9 Å². The summed E-state index contributed by atoms with van der Waals surface area (Å²) in [5.41, 5.74) is 2.89. The van der Waals surface area contributed by atoms with E-state index >= 15 is 0 Å². The largest absolute Gasteiger partial charge is 0.315 e. The molecule has 1 aliphatic rings. The third kappa shape index (κ3) is 1.65. The number of aryl methyl sites for hydroxylation is 1. The van der Waals surface area contributed by atoms with E-state index in [1.54, 1.807) is 0 Å². The molecule has 1 saturated heterocycles. The highest BCUT2D eigenvalue weighted by Crippen LogP contribution is 2.36. The zero-order chi connectivity index (χ0) is 12.8. The Morgan fingerprint density at radius 3 is 2.67 bits per heavy atom. The van der Waals surface area contributed by atoms with Crippen LogP contribution >= 0.6 is 0 Å². The molecule has 1 aromatic heterocycles. The second kappa shape index (κ2) is 4.09. The summed E-state index contributed by atoms with van der Waals surface area (Å²) < 4.78 is 2.00. The van der Waals surface area contributed by atoms with Crippen LogP contribution in [0.3, 0.4) is 0 Å². The molecule has 2 heterocycles. The third-order valence-electron chi connectivity index (χ3n) is 4.53. The average molecular weight is 243 g/mol. The number of rotatable bonds is 3. The zero-order valence-corrected chi connectivity index (χ0v) is 11.4. The van der Waals surface area contributed by atoms with Crippen LogP contribution in [0.2, 0.25) is 0 Å². The number of benzene rings is 1. The number of nitrogens with one attached hydrogen (secondary N) is 1. The fourth-order valence-corrected chi connectivity index (χ4v) is 2.94. The molecule has 3 heteroatoms. The molecular weight excluding hydrogens is 222 g/mol. The Morgan fingerprint density at radius 1 is 1.33 bits per heavy atom. The first-order valence-electron chi connectivity index (χ1n) is 6.74. The Labute approximate surface area is 108 Å². The monoisotopic (exact) mass is 243 g/mol. The number of hydrogen-bond acceptors (Lipinski definition) is 2. The molecule has 18 heavy (non-hydrogen) atoms. The van der Waals surface area contributed by atoms with Gasteiger partial charge in [-0.2, -0.15) is 5.10 Å². The third-order valence-corrected chi connectivity index (χ3v) is 4.53. The van der Waals surface area contributed by atoms with Gasteiger partial charge in [-0.05, 0) is 12.0 Å². The number of fused-ring (bicyclic) bond motifs is 1. The molecule has 1 fully saturated rings. The Morgan fingerprint density at radius 2 is 2.06 bits per heavy atom. The van der Waals surface area contributed by atoms with E-state index in [0.717, 1.165) is 19.5 Å². The van der Waals surface area contributed by atoms with Crippen molar-refractivity contribution in [2.45, 2.75) is 20.3 Å². The summed E-state index contributed by atoms with van der Waals surface area (Å²) in [7, 11) is 2.03. The van der Waals surface area contributed by atoms with Crippen molar-refractivity contribution in [3.05, 3.63) is 30.0 Å². The molecule has 1 N–H and O–H groups in total. The fourth-order valence-electron chi connectivity index (χ4n) is 2.94. The van der Waals surface area contributed by atoms with Crippen molar-refractivity contribution in [1.29, 1.82) is 0 Å². The molecule has 1 aliphatic heterocycles. The lowest BCUT2D eigenvalue weighted by Crippen LogP contribution is -2.57. The fraction of sp³-hybridized carbons (Fsp3) is 0.533. The van der Waals surface area contributed by atoms with Gasteiger partial charge in [-0.15, -0.1) is 0 Å². The summed E-state index contributed by atoms with van der Waals surface area (Å²) in [4.78, 5) is 0. The maximum atomic E-state index is 4.73. The van der Waals surface area contributed by atoms with Crippen molar-refractivity contribution in [1.82, 2.24) is 15.1 Å². The molecule has 0 unspecified atom stereocenters. The predicted octanol–water partition coefficient (Wildman–Crippen LogP) is 2.36. The minimum absolute atomic E-state index is 0.400. The van der Waals surface area contributed by atoms with Crippen molar-refractivity contribution in [2.75, 3.05) is 13.1 Å². The summed E-state index contributed by atoms with van der Waals surface area (Å²) in [6.07, 6.45) is 1.08. The summed E-state index contributed by atoms with van der Waals surface area (Å²) in [5, 5.41) is 9.46. The maximum Gasteiger partial charge on any atom is 0.0709 e. The molecule has 3 rings (SSSR count). The zero-order valence-electron chi connectivity index (χ0n) is 11.4. The smallest absolute Gasteiger partial charge is 0.0709 e. The van der Waals surface area contributed by atoms with E-state index < -0.39 is 0 Å². The van der Waals surface area contributed by atoms with Gasteiger partial charge < -0.3 is 5.32 Å². The van der Waals surface area contributed by atoms with Crippen LogP contribution in [0.15, 0.2) is 24.3 Å². The molecule has 0 radical (unpaired) electrons. The summed E-state index contributed by atoms with van der Waals surface area (Å²) in [5.74, 6) is 0.694. The molecule has 0 saturated carbocycles. The van der Waals surface area contributed by atoms with Crippen LogP contribution in [0.1, 0.15) is 19.5 Å². The Kier molecular flexibility index (Phi) is 2.67. The summed E-state index contributed by atoms with van der Waals surface area (Å²) in [6, 6.07) is 8.52. The van der Waals surface area contributed by atoms with E-state index in [0.29, 0.717) is 11.3 Å². The van der Waals surface area contributed by atoms with Gasteiger partial charge in [0.1, 0.15) is 0 Å². The van der Waals surface area contributed by atoms with Crippen molar-refractivity contribution in [3.8, 4) is 0 Å². The quantitative estimate of drug-likeness (QED) is 0.897. The predicted molar refractivity (Wildman–Crippen MR) is 74.6 cm³/mol. The lowest BCUT2D eigenvalue weighted by molar-refractivity contribution is 0.0984. The first-order chi connectivity index (χ1) is 8.62. The minimum atomic E-state index is 0.400. The Balaban J connectivity index is 2.00. The van der Waals surface area contributed by atoms with Gasteiger partial charge >= 0.3 is 0 Å². The van der Waals surface area contributed by atoms with Crippen LogP contribution in [-0.4, -0.2) is 22.9 Å². The Hall–Kier alpha value is -1.35. The molecule has 3 nitrogen and oxygen atoms in total. The maximum absolute atomic E-state index is 4.73. The van der Waals surface area contributed by atoms with Gasteiger partial charge in [0, 0.05) is 37.4 Å². The van der Waals surface area contributed by atoms with E-state index in [1.807, 2.05) is 11.7 Å². The molecule has 0 spiro atoms. The average Bonchev–Trinajstić information content (AvgIpc) is 2.61. The van der Waals surface area contributed by atoms with Gasteiger partial charge in [0.2, 0.25) is 0 Å². The molecule has 0 bridgehead atoms. The molecule has 2 aromatic rings. The van der Waals surface area contributed by atoms with Crippen LogP contribution in [0.4, 0.5) is 0 Å². The van der Waals surface area contributed by atoms with Gasteiger partial charge in [0.15, 0.2) is 0 Å². The van der Waals surface area contributed by atoms with Crippen LogP contribution in [-0.2, 0) is 13.5 Å². The minimum Gasteiger partial charge on any atom is -0.315 e. The van der Waals surface area contributed by atoms with Crippen molar-refractivity contribution < 1.29 is 0 Å². The SMILES string of the molecule is CC(C)C1(Cc2nn(C)c3ccccc23)CNC1. The van der Waals surface area contributed by atoms with E-state index in [-0.39, 0.29) is 0 Å². The molecular formula is C15H21N3. The van der Waals surface area contributed by atoms with Crippen LogP contribution in [0, 0.1) is 11.3 Å². The highest BCUT2D eigenvalue weighted by Gasteiger charge is 2.40. The van der Waals surface area contributed by atoms with E-state index in [9.17, 15) is 0 Å². The summed E-state index contributed by atoms with van der Waals surface area (Å²) in [6.45, 7) is 6.89. The van der Waals surface area contributed by atoms with E-state index in [1.165, 1.54) is 16.6 Å². The van der Waals surface area contributed by atoms with Gasteiger partial charge in [-0.3, -0.25) is 4.68 Å². The Bertz CT molecular complexity index is 564. The number of hydrogen-bond donors (Lipinski definition) is 1. The van der Waals surface area contributed by atoms with Crippen LogP contribution < -0.4 is 5.32 Å². The standard InChI is InChI=1S/C15H21N3/c1-11(2)15(9-16-10-15)8-13-12-6-4-5-7-14(12)18(3)17-13/h4-7,11,16H,8-10H2,1-3H3. The summed E-state index contributed by atoms with van der Waals surface area (Å²) >= 11 is 0. The van der Waals surface area contributed by atoms with E-state index in [2.05, 4.69) is 43.4 Å². The van der Waals surface area contributed by atoms with Gasteiger partial charge in [-0.1, -0.05) is 32.0 Å². The number of aromatic nitrogens is 2. The van der Waals surface area contributed by atoms with Gasteiger partial charge in [0.25, 0.3) is 0 Å². The number of nitrogens with zero attached hydrogens (tertiary/aromatic N) is 2. The second-order valence-corrected chi connectivity index (χ2v) is 5.88. The number of para-hydroxylation sites is 1. The molecule has 0 aliphatic carbocycles. The molecule has 0 amide bonds. The first-order valence-corrected chi connectivity index (χ1v) is 6.74. The molecule has 1 aromatic carbocycles. The lowest BCUT2D eigenvalue weighted by atomic mass is 9.69. The van der Waals surface area contributed by atoms with Gasteiger partial charge in [-0.25, -0.2) is 0 Å². The first kappa shape index (κ1) is 11.7. The normalized spacial score (nSPS) is 18.2. The molecule has 0 atom stereocenters. The highest BCUT2D eigenvalue weighted by molar-refractivity contribution is 5.81.